The molecule has 0 fully saturated rings. The predicted octanol–water partition coefficient (Wildman–Crippen LogP) is 4.33. The van der Waals surface area contributed by atoms with E-state index in [4.69, 9.17) is 13.9 Å². The zero-order valence-electron chi connectivity index (χ0n) is 18.5. The van der Waals surface area contributed by atoms with Crippen molar-refractivity contribution in [3.63, 3.8) is 0 Å². The Morgan fingerprint density at radius 2 is 1.62 bits per heavy atom. The lowest BCUT2D eigenvalue weighted by atomic mass is 10.1. The maximum Gasteiger partial charge on any atom is 0.306 e. The average Bonchev–Trinajstić information content (AvgIpc) is 3.39. The molecule has 0 aliphatic heterocycles. The van der Waals surface area contributed by atoms with E-state index in [0.29, 0.717) is 28.3 Å². The zero-order chi connectivity index (χ0) is 24.3. The summed E-state index contributed by atoms with van der Waals surface area (Å²) in [6, 6.07) is 16.3. The molecule has 174 valence electrons. The first-order chi connectivity index (χ1) is 16.4. The lowest BCUT2D eigenvalue weighted by Gasteiger charge is -2.07. The summed E-state index contributed by atoms with van der Waals surface area (Å²) in [4.78, 5) is 48.2. The number of furan rings is 1. The normalized spacial score (nSPS) is 10.6. The summed E-state index contributed by atoms with van der Waals surface area (Å²) in [5.74, 6) is -0.421. The number of rotatable bonds is 11. The van der Waals surface area contributed by atoms with Crippen molar-refractivity contribution in [1.82, 2.24) is 0 Å². The summed E-state index contributed by atoms with van der Waals surface area (Å²) >= 11 is 0. The number of carbonyl (C=O) groups excluding carboxylic acids is 4. The van der Waals surface area contributed by atoms with E-state index in [1.807, 2.05) is 0 Å². The smallest absolute Gasteiger partial charge is 0.306 e. The van der Waals surface area contributed by atoms with E-state index in [9.17, 15) is 19.2 Å². The number of ketones is 2. The number of allylic oxidation sites excluding steroid dienone is 1. The van der Waals surface area contributed by atoms with Crippen LogP contribution < -0.4 is 10.1 Å². The minimum atomic E-state index is -0.652. The zero-order valence-corrected chi connectivity index (χ0v) is 18.5. The van der Waals surface area contributed by atoms with E-state index in [2.05, 4.69) is 5.32 Å². The largest absolute Gasteiger partial charge is 0.497 e. The number of amides is 1. The lowest BCUT2D eigenvalue weighted by molar-refractivity contribution is -0.143. The van der Waals surface area contributed by atoms with Gasteiger partial charge in [0.15, 0.2) is 18.2 Å². The summed E-state index contributed by atoms with van der Waals surface area (Å²) < 4.78 is 15.1. The number of benzene rings is 2. The second-order valence-corrected chi connectivity index (χ2v) is 7.15. The lowest BCUT2D eigenvalue weighted by Crippen LogP contribution is -2.17. The molecule has 0 saturated carbocycles. The molecule has 0 aliphatic carbocycles. The van der Waals surface area contributed by atoms with Crippen LogP contribution >= 0.6 is 0 Å². The summed E-state index contributed by atoms with van der Waals surface area (Å²) in [5, 5.41) is 2.65. The summed E-state index contributed by atoms with van der Waals surface area (Å²) in [6.07, 6.45) is 4.21. The van der Waals surface area contributed by atoms with Crippen LogP contribution in [0.2, 0.25) is 0 Å². The Balaban J connectivity index is 1.39. The van der Waals surface area contributed by atoms with E-state index < -0.39 is 18.5 Å². The highest BCUT2D eigenvalue weighted by atomic mass is 16.5. The summed E-state index contributed by atoms with van der Waals surface area (Å²) in [6.45, 7) is -0.406. The van der Waals surface area contributed by atoms with Gasteiger partial charge < -0.3 is 19.2 Å². The molecule has 0 unspecified atom stereocenters. The number of ether oxygens (including phenoxy) is 2. The molecule has 8 heteroatoms. The molecule has 0 saturated heterocycles. The van der Waals surface area contributed by atoms with Gasteiger partial charge in [-0.1, -0.05) is 0 Å². The second kappa shape index (κ2) is 12.0. The Hall–Kier alpha value is -4.46. The van der Waals surface area contributed by atoms with Gasteiger partial charge in [0, 0.05) is 23.2 Å². The highest BCUT2D eigenvalue weighted by Crippen LogP contribution is 2.14. The Kier molecular flexibility index (Phi) is 8.51. The summed E-state index contributed by atoms with van der Waals surface area (Å²) in [5.41, 5.74) is 1.33. The molecule has 1 heterocycles. The van der Waals surface area contributed by atoms with Gasteiger partial charge in [-0.15, -0.1) is 0 Å². The van der Waals surface area contributed by atoms with Crippen molar-refractivity contribution in [1.29, 1.82) is 0 Å². The van der Waals surface area contributed by atoms with Gasteiger partial charge in [0.05, 0.1) is 19.8 Å². The van der Waals surface area contributed by atoms with Crippen molar-refractivity contribution < 1.29 is 33.1 Å². The standard InChI is InChI=1S/C26H23NO7/c1-32-21-10-6-19(7-11-21)24(29)17-34-26(31)15-14-25(30)27-20-8-4-18(5-9-20)23(28)13-12-22-3-2-16-33-22/h2-13,16H,14-15,17H2,1H3,(H,27,30)/b13-12+. The van der Waals surface area contributed by atoms with Crippen LogP contribution in [-0.4, -0.2) is 37.2 Å². The first-order valence-corrected chi connectivity index (χ1v) is 10.4. The van der Waals surface area contributed by atoms with Crippen LogP contribution in [0.3, 0.4) is 0 Å². The van der Waals surface area contributed by atoms with Crippen LogP contribution in [0.4, 0.5) is 5.69 Å². The topological polar surface area (TPSA) is 112 Å². The van der Waals surface area contributed by atoms with Crippen LogP contribution in [0, 0.1) is 0 Å². The van der Waals surface area contributed by atoms with Crippen molar-refractivity contribution in [2.45, 2.75) is 12.8 Å². The van der Waals surface area contributed by atoms with Gasteiger partial charge in [-0.05, 0) is 72.8 Å². The fraction of sp³-hybridized carbons (Fsp3) is 0.154. The number of hydrogen-bond acceptors (Lipinski definition) is 7. The van der Waals surface area contributed by atoms with Gasteiger partial charge in [0.2, 0.25) is 5.91 Å². The summed E-state index contributed by atoms with van der Waals surface area (Å²) in [7, 11) is 1.52. The van der Waals surface area contributed by atoms with Crippen molar-refractivity contribution >= 4 is 35.2 Å². The molecule has 1 aromatic heterocycles. The van der Waals surface area contributed by atoms with Crippen LogP contribution in [0.5, 0.6) is 5.75 Å². The highest BCUT2D eigenvalue weighted by Gasteiger charge is 2.12. The minimum absolute atomic E-state index is 0.109. The molecule has 3 aromatic rings. The molecular formula is C26H23NO7. The van der Waals surface area contributed by atoms with Gasteiger partial charge in [-0.3, -0.25) is 19.2 Å². The van der Waals surface area contributed by atoms with Crippen molar-refractivity contribution in [2.24, 2.45) is 0 Å². The molecule has 0 aliphatic rings. The Bertz CT molecular complexity index is 1160. The van der Waals surface area contributed by atoms with E-state index in [1.54, 1.807) is 66.7 Å². The molecule has 1 N–H and O–H groups in total. The number of nitrogens with one attached hydrogen (secondary N) is 1. The fourth-order valence-electron chi connectivity index (χ4n) is 2.88. The average molecular weight is 461 g/mol. The van der Waals surface area contributed by atoms with Gasteiger partial charge in [0.25, 0.3) is 0 Å². The van der Waals surface area contributed by atoms with E-state index in [0.717, 1.165) is 0 Å². The second-order valence-electron chi connectivity index (χ2n) is 7.15. The molecule has 8 nitrogen and oxygen atoms in total. The van der Waals surface area contributed by atoms with E-state index >= 15 is 0 Å². The maximum absolute atomic E-state index is 12.2. The maximum atomic E-state index is 12.2. The molecular weight excluding hydrogens is 438 g/mol. The van der Waals surface area contributed by atoms with Gasteiger partial charge in [-0.2, -0.15) is 0 Å². The Morgan fingerprint density at radius 1 is 0.912 bits per heavy atom. The number of carbonyl (C=O) groups is 4. The van der Waals surface area contributed by atoms with Crippen molar-refractivity contribution in [2.75, 3.05) is 19.0 Å². The van der Waals surface area contributed by atoms with E-state index in [-0.39, 0.29) is 24.4 Å². The number of methoxy groups -OCH3 is 1. The fourth-order valence-corrected chi connectivity index (χ4v) is 2.88. The molecule has 1 amide bonds. The van der Waals surface area contributed by atoms with Gasteiger partial charge in [0.1, 0.15) is 11.5 Å². The van der Waals surface area contributed by atoms with Crippen molar-refractivity contribution in [3.8, 4) is 5.75 Å². The first-order valence-electron chi connectivity index (χ1n) is 10.4. The van der Waals surface area contributed by atoms with E-state index in [1.165, 1.54) is 19.4 Å². The number of anilines is 1. The van der Waals surface area contributed by atoms with Crippen LogP contribution in [0.15, 0.2) is 77.4 Å². The number of Topliss-reactive ketones (excluding diaryl/α,β-unsaturated/α-hetero) is 1. The molecule has 0 spiro atoms. The molecule has 34 heavy (non-hydrogen) atoms. The van der Waals surface area contributed by atoms with Gasteiger partial charge >= 0.3 is 5.97 Å². The number of esters is 1. The van der Waals surface area contributed by atoms with Crippen LogP contribution in [-0.2, 0) is 14.3 Å². The third kappa shape index (κ3) is 7.30. The highest BCUT2D eigenvalue weighted by molar-refractivity contribution is 6.07. The SMILES string of the molecule is COc1ccc(C(=O)COC(=O)CCC(=O)Nc2ccc(C(=O)/C=C/c3ccco3)cc2)cc1. The number of hydrogen-bond donors (Lipinski definition) is 1. The predicted molar refractivity (Wildman–Crippen MR) is 125 cm³/mol. The third-order valence-electron chi connectivity index (χ3n) is 4.73. The third-order valence-corrected chi connectivity index (χ3v) is 4.73. The quantitative estimate of drug-likeness (QED) is 0.257. The molecule has 2 aromatic carbocycles. The molecule has 0 bridgehead atoms. The van der Waals surface area contributed by atoms with Gasteiger partial charge in [-0.25, -0.2) is 0 Å². The molecule has 0 atom stereocenters. The Morgan fingerprint density at radius 3 is 2.26 bits per heavy atom. The van der Waals surface area contributed by atoms with Crippen LogP contribution in [0.25, 0.3) is 6.08 Å². The van der Waals surface area contributed by atoms with Crippen molar-refractivity contribution in [3.05, 3.63) is 89.9 Å². The molecule has 0 radical (unpaired) electrons. The Labute approximate surface area is 196 Å². The molecule has 3 rings (SSSR count). The monoisotopic (exact) mass is 461 g/mol. The minimum Gasteiger partial charge on any atom is -0.497 e. The first kappa shape index (κ1) is 24.2. The van der Waals surface area contributed by atoms with Crippen LogP contribution in [0.1, 0.15) is 39.3 Å².